The summed E-state index contributed by atoms with van der Waals surface area (Å²) in [5.41, 5.74) is 9.05. The third kappa shape index (κ3) is 4.65. The van der Waals surface area contributed by atoms with E-state index in [0.29, 0.717) is 13.2 Å². The molecule has 148 valence electrons. The van der Waals surface area contributed by atoms with Gasteiger partial charge in [0.05, 0.1) is 30.1 Å². The topological polar surface area (TPSA) is 69.2 Å². The first-order valence-electron chi connectivity index (χ1n) is 8.22. The van der Waals surface area contributed by atoms with Crippen LogP contribution in [-0.4, -0.2) is 47.1 Å². The third-order valence-electron chi connectivity index (χ3n) is 4.44. The maximum absolute atomic E-state index is 5.78. The van der Waals surface area contributed by atoms with Crippen LogP contribution in [0.15, 0.2) is 42.7 Å². The predicted molar refractivity (Wildman–Crippen MR) is 116 cm³/mol. The van der Waals surface area contributed by atoms with E-state index in [1.165, 1.54) is 5.56 Å². The molecule has 2 N–H and O–H groups in total. The quantitative estimate of drug-likeness (QED) is 0.688. The van der Waals surface area contributed by atoms with Gasteiger partial charge in [0.1, 0.15) is 0 Å². The molecule has 0 amide bonds. The van der Waals surface area contributed by atoms with Gasteiger partial charge in [0.15, 0.2) is 5.82 Å². The van der Waals surface area contributed by atoms with Crippen LogP contribution < -0.4 is 10.6 Å². The SMILES string of the molecule is Cc1ccc(-n2nc(N3CCOC(CN)C3)c3ccncc32)cc1.Cl.Cl.Cl. The first-order valence-corrected chi connectivity index (χ1v) is 8.22. The minimum atomic E-state index is 0. The molecule has 6 nitrogen and oxygen atoms in total. The molecule has 1 aromatic carbocycles. The standard InChI is InChI=1S/C18H21N5O.3ClH/c1-13-2-4-14(5-3-13)23-17-11-20-7-6-16(17)18(21-23)22-8-9-24-15(10-19)12-22;;;/h2-7,11,15H,8-10,12,19H2,1H3;3*1H. The van der Waals surface area contributed by atoms with E-state index < -0.39 is 0 Å². The Morgan fingerprint density at radius 2 is 1.89 bits per heavy atom. The Morgan fingerprint density at radius 1 is 1.15 bits per heavy atom. The first-order chi connectivity index (χ1) is 11.8. The van der Waals surface area contributed by atoms with E-state index >= 15 is 0 Å². The van der Waals surface area contributed by atoms with Crippen molar-refractivity contribution in [3.63, 3.8) is 0 Å². The van der Waals surface area contributed by atoms with Crippen LogP contribution in [0.5, 0.6) is 0 Å². The molecule has 0 saturated carbocycles. The molecule has 2 aromatic heterocycles. The highest BCUT2D eigenvalue weighted by molar-refractivity contribution is 5.91. The van der Waals surface area contributed by atoms with Crippen LogP contribution in [0, 0.1) is 6.92 Å². The molecule has 1 unspecified atom stereocenters. The summed E-state index contributed by atoms with van der Waals surface area (Å²) in [4.78, 5) is 6.54. The van der Waals surface area contributed by atoms with Crippen LogP contribution >= 0.6 is 37.2 Å². The molecule has 1 fully saturated rings. The van der Waals surface area contributed by atoms with Crippen molar-refractivity contribution >= 4 is 53.9 Å². The first kappa shape index (κ1) is 23.5. The molecule has 3 aromatic rings. The number of morpholine rings is 1. The Kier molecular flexibility index (Phi) is 8.78. The Balaban J connectivity index is 0.00000121. The molecular weight excluding hydrogens is 409 g/mol. The van der Waals surface area contributed by atoms with Crippen molar-refractivity contribution in [3.05, 3.63) is 48.3 Å². The van der Waals surface area contributed by atoms with E-state index in [1.807, 2.05) is 23.1 Å². The Labute approximate surface area is 177 Å². The fraction of sp³-hybridized carbons (Fsp3) is 0.333. The smallest absolute Gasteiger partial charge is 0.159 e. The van der Waals surface area contributed by atoms with E-state index in [-0.39, 0.29) is 43.3 Å². The van der Waals surface area contributed by atoms with Gasteiger partial charge in [-0.2, -0.15) is 0 Å². The molecule has 0 aliphatic carbocycles. The van der Waals surface area contributed by atoms with Gasteiger partial charge in [-0.3, -0.25) is 4.98 Å². The van der Waals surface area contributed by atoms with Crippen molar-refractivity contribution in [1.29, 1.82) is 0 Å². The van der Waals surface area contributed by atoms with Gasteiger partial charge in [-0.1, -0.05) is 17.7 Å². The number of anilines is 1. The highest BCUT2D eigenvalue weighted by atomic mass is 35.5. The second-order valence-electron chi connectivity index (χ2n) is 6.14. The lowest BCUT2D eigenvalue weighted by Gasteiger charge is -2.32. The number of fused-ring (bicyclic) bond motifs is 1. The van der Waals surface area contributed by atoms with Gasteiger partial charge < -0.3 is 15.4 Å². The molecular formula is C18H24Cl3N5O. The maximum atomic E-state index is 5.78. The number of hydrogen-bond donors (Lipinski definition) is 1. The summed E-state index contributed by atoms with van der Waals surface area (Å²) >= 11 is 0. The zero-order valence-electron chi connectivity index (χ0n) is 14.9. The monoisotopic (exact) mass is 431 g/mol. The second kappa shape index (κ2) is 10.1. The van der Waals surface area contributed by atoms with Crippen LogP contribution in [0.1, 0.15) is 5.56 Å². The Hall–Kier alpha value is -1.57. The van der Waals surface area contributed by atoms with E-state index in [4.69, 9.17) is 15.6 Å². The second-order valence-corrected chi connectivity index (χ2v) is 6.14. The van der Waals surface area contributed by atoms with Crippen molar-refractivity contribution in [1.82, 2.24) is 14.8 Å². The van der Waals surface area contributed by atoms with E-state index in [2.05, 4.69) is 41.1 Å². The van der Waals surface area contributed by atoms with E-state index in [9.17, 15) is 0 Å². The normalized spacial score (nSPS) is 16.2. The summed E-state index contributed by atoms with van der Waals surface area (Å²) in [6.45, 7) is 4.86. The minimum Gasteiger partial charge on any atom is -0.373 e. The molecule has 0 bridgehead atoms. The summed E-state index contributed by atoms with van der Waals surface area (Å²) in [6.07, 6.45) is 3.74. The lowest BCUT2D eigenvalue weighted by molar-refractivity contribution is 0.0463. The summed E-state index contributed by atoms with van der Waals surface area (Å²) in [5, 5.41) is 5.99. The highest BCUT2D eigenvalue weighted by Crippen LogP contribution is 2.29. The fourth-order valence-electron chi connectivity index (χ4n) is 3.12. The number of benzene rings is 1. The molecule has 4 rings (SSSR count). The Bertz CT molecular complexity index is 856. The molecule has 27 heavy (non-hydrogen) atoms. The number of hydrogen-bond acceptors (Lipinski definition) is 5. The number of rotatable bonds is 3. The number of nitrogens with two attached hydrogens (primary N) is 1. The van der Waals surface area contributed by atoms with Crippen molar-refractivity contribution in [2.75, 3.05) is 31.1 Å². The number of pyridine rings is 1. The van der Waals surface area contributed by atoms with E-state index in [0.717, 1.165) is 35.5 Å². The Morgan fingerprint density at radius 3 is 2.59 bits per heavy atom. The molecule has 3 heterocycles. The van der Waals surface area contributed by atoms with Gasteiger partial charge >= 0.3 is 0 Å². The minimum absolute atomic E-state index is 0. The molecule has 1 atom stereocenters. The molecule has 0 spiro atoms. The number of nitrogens with zero attached hydrogens (tertiary/aromatic N) is 4. The van der Waals surface area contributed by atoms with Crippen LogP contribution in [0.2, 0.25) is 0 Å². The summed E-state index contributed by atoms with van der Waals surface area (Å²) in [5.74, 6) is 0.967. The van der Waals surface area contributed by atoms with Gasteiger partial charge in [0.25, 0.3) is 0 Å². The van der Waals surface area contributed by atoms with Gasteiger partial charge in [0, 0.05) is 31.2 Å². The van der Waals surface area contributed by atoms with Gasteiger partial charge in [0.2, 0.25) is 0 Å². The zero-order chi connectivity index (χ0) is 16.5. The van der Waals surface area contributed by atoms with Crippen LogP contribution in [0.25, 0.3) is 16.6 Å². The van der Waals surface area contributed by atoms with Gasteiger partial charge in [-0.05, 0) is 25.1 Å². The summed E-state index contributed by atoms with van der Waals surface area (Å²) < 4.78 is 7.64. The van der Waals surface area contributed by atoms with Crippen molar-refractivity contribution in [2.24, 2.45) is 5.73 Å². The molecule has 1 saturated heterocycles. The summed E-state index contributed by atoms with van der Waals surface area (Å²) in [6, 6.07) is 10.4. The van der Waals surface area contributed by atoms with Crippen molar-refractivity contribution in [2.45, 2.75) is 13.0 Å². The zero-order valence-corrected chi connectivity index (χ0v) is 17.4. The molecule has 1 aliphatic rings. The molecule has 9 heteroatoms. The van der Waals surface area contributed by atoms with Crippen molar-refractivity contribution in [3.8, 4) is 5.69 Å². The third-order valence-corrected chi connectivity index (χ3v) is 4.44. The lowest BCUT2D eigenvalue weighted by Crippen LogP contribution is -2.46. The van der Waals surface area contributed by atoms with Crippen LogP contribution in [-0.2, 0) is 4.74 Å². The highest BCUT2D eigenvalue weighted by Gasteiger charge is 2.24. The van der Waals surface area contributed by atoms with Gasteiger partial charge in [-0.15, -0.1) is 42.3 Å². The number of aryl methyl sites for hydroxylation is 1. The van der Waals surface area contributed by atoms with E-state index in [1.54, 1.807) is 0 Å². The number of aromatic nitrogens is 3. The molecule has 1 aliphatic heterocycles. The average molecular weight is 433 g/mol. The average Bonchev–Trinajstić information content (AvgIpc) is 3.02. The number of ether oxygens (including phenoxy) is 1. The summed E-state index contributed by atoms with van der Waals surface area (Å²) in [7, 11) is 0. The molecule has 0 radical (unpaired) electrons. The lowest BCUT2D eigenvalue weighted by atomic mass is 10.2. The van der Waals surface area contributed by atoms with Crippen LogP contribution in [0.3, 0.4) is 0 Å². The number of halogens is 3. The van der Waals surface area contributed by atoms with Crippen LogP contribution in [0.4, 0.5) is 5.82 Å². The fourth-order valence-corrected chi connectivity index (χ4v) is 3.12. The predicted octanol–water partition coefficient (Wildman–Crippen LogP) is 3.16. The van der Waals surface area contributed by atoms with Crippen molar-refractivity contribution < 1.29 is 4.74 Å². The maximum Gasteiger partial charge on any atom is 0.159 e. The largest absolute Gasteiger partial charge is 0.373 e. The van der Waals surface area contributed by atoms with Gasteiger partial charge in [-0.25, -0.2) is 4.68 Å².